The number of nitrogens with zero attached hydrogens (tertiary/aromatic N) is 3. The Balaban J connectivity index is 2.29. The summed E-state index contributed by atoms with van der Waals surface area (Å²) in [4.78, 5) is 0.0599. The van der Waals surface area contributed by atoms with Crippen LogP contribution in [-0.4, -0.2) is 23.2 Å². The molecule has 0 radical (unpaired) electrons. The molecule has 2 rings (SSSR count). The van der Waals surface area contributed by atoms with Gasteiger partial charge in [-0.1, -0.05) is 11.6 Å². The van der Waals surface area contributed by atoms with Crippen molar-refractivity contribution in [2.45, 2.75) is 18.4 Å². The third-order valence-electron chi connectivity index (χ3n) is 2.88. The molecule has 0 unspecified atom stereocenters. The van der Waals surface area contributed by atoms with Gasteiger partial charge in [0.2, 0.25) is 10.0 Å². The van der Waals surface area contributed by atoms with Gasteiger partial charge in [0.15, 0.2) is 0 Å². The van der Waals surface area contributed by atoms with Crippen molar-refractivity contribution in [3.63, 3.8) is 0 Å². The first-order chi connectivity index (χ1) is 9.31. The van der Waals surface area contributed by atoms with Crippen LogP contribution >= 0.6 is 11.6 Å². The van der Waals surface area contributed by atoms with Gasteiger partial charge in [-0.05, 0) is 24.6 Å². The minimum absolute atomic E-state index is 0.0324. The summed E-state index contributed by atoms with van der Waals surface area (Å²) in [7, 11) is -2.00. The van der Waals surface area contributed by atoms with Gasteiger partial charge in [-0.25, -0.2) is 13.1 Å². The van der Waals surface area contributed by atoms with Gasteiger partial charge in [0.25, 0.3) is 0 Å². The van der Waals surface area contributed by atoms with E-state index >= 15 is 0 Å². The maximum absolute atomic E-state index is 12.3. The molecule has 1 heterocycles. The van der Waals surface area contributed by atoms with Crippen molar-refractivity contribution in [1.82, 2.24) is 19.5 Å². The van der Waals surface area contributed by atoms with Crippen molar-refractivity contribution < 1.29 is 8.42 Å². The Hall–Kier alpha value is -1.64. The van der Waals surface area contributed by atoms with Gasteiger partial charge in [-0.2, -0.15) is 0 Å². The highest BCUT2D eigenvalue weighted by molar-refractivity contribution is 7.89. The monoisotopic (exact) mass is 315 g/mol. The SMILES string of the molecule is Cc1c(N)cc(Cl)cc1S(=O)(=O)NCc1nncn1C. The number of hydrogen-bond acceptors (Lipinski definition) is 5. The van der Waals surface area contributed by atoms with Crippen LogP contribution in [0, 0.1) is 6.92 Å². The van der Waals surface area contributed by atoms with Crippen LogP contribution in [0.3, 0.4) is 0 Å². The second-order valence-electron chi connectivity index (χ2n) is 4.30. The van der Waals surface area contributed by atoms with Crippen molar-refractivity contribution in [2.75, 3.05) is 5.73 Å². The molecule has 2 aromatic rings. The number of aryl methyl sites for hydroxylation is 1. The topological polar surface area (TPSA) is 103 Å². The van der Waals surface area contributed by atoms with E-state index in [9.17, 15) is 8.42 Å². The maximum atomic E-state index is 12.3. The molecule has 20 heavy (non-hydrogen) atoms. The number of benzene rings is 1. The minimum atomic E-state index is -3.72. The second-order valence-corrected chi connectivity index (χ2v) is 6.47. The van der Waals surface area contributed by atoms with E-state index < -0.39 is 10.0 Å². The van der Waals surface area contributed by atoms with E-state index in [1.165, 1.54) is 18.5 Å². The number of anilines is 1. The van der Waals surface area contributed by atoms with Crippen LogP contribution in [0.25, 0.3) is 0 Å². The van der Waals surface area contributed by atoms with Crippen LogP contribution in [0.15, 0.2) is 23.4 Å². The smallest absolute Gasteiger partial charge is 0.241 e. The summed E-state index contributed by atoms with van der Waals surface area (Å²) in [5, 5.41) is 7.75. The number of nitrogens with two attached hydrogens (primary N) is 1. The van der Waals surface area contributed by atoms with E-state index in [2.05, 4.69) is 14.9 Å². The molecule has 0 atom stereocenters. The normalized spacial score (nSPS) is 11.8. The highest BCUT2D eigenvalue weighted by Gasteiger charge is 2.19. The molecule has 1 aromatic carbocycles. The molecule has 0 aliphatic rings. The van der Waals surface area contributed by atoms with Gasteiger partial charge in [-0.3, -0.25) is 0 Å². The summed E-state index contributed by atoms with van der Waals surface area (Å²) >= 11 is 5.85. The van der Waals surface area contributed by atoms with Crippen LogP contribution < -0.4 is 10.5 Å². The van der Waals surface area contributed by atoms with Gasteiger partial charge in [0.05, 0.1) is 11.4 Å². The van der Waals surface area contributed by atoms with Crippen LogP contribution in [0.4, 0.5) is 5.69 Å². The molecule has 1 aromatic heterocycles. The number of halogens is 1. The van der Waals surface area contributed by atoms with Gasteiger partial charge < -0.3 is 10.3 Å². The largest absolute Gasteiger partial charge is 0.398 e. The zero-order valence-corrected chi connectivity index (χ0v) is 12.5. The molecule has 0 aliphatic heterocycles. The summed E-state index contributed by atoms with van der Waals surface area (Å²) < 4.78 is 28.6. The Kier molecular flexibility index (Phi) is 3.98. The lowest BCUT2D eigenvalue weighted by molar-refractivity contribution is 0.577. The molecular weight excluding hydrogens is 302 g/mol. The van der Waals surface area contributed by atoms with Crippen LogP contribution in [0.2, 0.25) is 5.02 Å². The van der Waals surface area contributed by atoms with Crippen LogP contribution in [-0.2, 0) is 23.6 Å². The van der Waals surface area contributed by atoms with E-state index in [4.69, 9.17) is 17.3 Å². The molecule has 108 valence electrons. The molecule has 0 spiro atoms. The maximum Gasteiger partial charge on any atom is 0.241 e. The van der Waals surface area contributed by atoms with Crippen molar-refractivity contribution in [3.8, 4) is 0 Å². The zero-order chi connectivity index (χ0) is 14.9. The summed E-state index contributed by atoms with van der Waals surface area (Å²) in [5.74, 6) is 0.501. The van der Waals surface area contributed by atoms with E-state index in [-0.39, 0.29) is 16.5 Å². The molecule has 0 bridgehead atoms. The Bertz CT molecular complexity index is 741. The molecule has 0 amide bonds. The van der Waals surface area contributed by atoms with E-state index in [0.717, 1.165) is 0 Å². The molecular formula is C11H14ClN5O2S. The van der Waals surface area contributed by atoms with Crippen molar-refractivity contribution >= 4 is 27.3 Å². The van der Waals surface area contributed by atoms with Crippen molar-refractivity contribution in [1.29, 1.82) is 0 Å². The number of nitrogen functional groups attached to an aromatic ring is 1. The Morgan fingerprint density at radius 3 is 2.75 bits per heavy atom. The minimum Gasteiger partial charge on any atom is -0.398 e. The van der Waals surface area contributed by atoms with Crippen LogP contribution in [0.5, 0.6) is 0 Å². The average molecular weight is 316 g/mol. The lowest BCUT2D eigenvalue weighted by Gasteiger charge is -2.11. The number of hydrogen-bond donors (Lipinski definition) is 2. The fourth-order valence-electron chi connectivity index (χ4n) is 1.66. The third kappa shape index (κ3) is 2.92. The van der Waals surface area contributed by atoms with Crippen molar-refractivity contribution in [3.05, 3.63) is 34.9 Å². The highest BCUT2D eigenvalue weighted by Crippen LogP contribution is 2.25. The standard InChI is InChI=1S/C11H14ClN5O2S/c1-7-9(13)3-8(12)4-10(7)20(18,19)15-5-11-16-14-6-17(11)2/h3-4,6,15H,5,13H2,1-2H3. The highest BCUT2D eigenvalue weighted by atomic mass is 35.5. The van der Waals surface area contributed by atoms with E-state index in [1.807, 2.05) is 0 Å². The molecule has 0 saturated carbocycles. The molecule has 0 aliphatic carbocycles. The Morgan fingerprint density at radius 1 is 1.45 bits per heavy atom. The summed E-state index contributed by atoms with van der Waals surface area (Å²) in [6.45, 7) is 1.66. The predicted octanol–water partition coefficient (Wildman–Crippen LogP) is 0.838. The van der Waals surface area contributed by atoms with E-state index in [1.54, 1.807) is 18.5 Å². The van der Waals surface area contributed by atoms with Crippen LogP contribution in [0.1, 0.15) is 11.4 Å². The quantitative estimate of drug-likeness (QED) is 0.814. The lowest BCUT2D eigenvalue weighted by atomic mass is 10.2. The number of nitrogens with one attached hydrogen (secondary N) is 1. The Morgan fingerprint density at radius 2 is 2.15 bits per heavy atom. The fourth-order valence-corrected chi connectivity index (χ4v) is 3.23. The van der Waals surface area contributed by atoms with Gasteiger partial charge in [0.1, 0.15) is 12.2 Å². The number of sulfonamides is 1. The second kappa shape index (κ2) is 5.39. The molecule has 9 heteroatoms. The summed E-state index contributed by atoms with van der Waals surface area (Å²) in [5.41, 5.74) is 6.52. The molecule has 0 saturated heterocycles. The third-order valence-corrected chi connectivity index (χ3v) is 4.63. The first-order valence-corrected chi connectivity index (χ1v) is 7.55. The average Bonchev–Trinajstić information content (AvgIpc) is 2.77. The lowest BCUT2D eigenvalue weighted by Crippen LogP contribution is -2.25. The molecule has 3 N–H and O–H groups in total. The number of aromatic nitrogens is 3. The summed E-state index contributed by atoms with van der Waals surface area (Å²) in [6, 6.07) is 2.88. The van der Waals surface area contributed by atoms with Crippen molar-refractivity contribution in [2.24, 2.45) is 7.05 Å². The fraction of sp³-hybridized carbons (Fsp3) is 0.273. The molecule has 7 nitrogen and oxygen atoms in total. The summed E-state index contributed by atoms with van der Waals surface area (Å²) in [6.07, 6.45) is 1.49. The Labute approximate surface area is 121 Å². The number of rotatable bonds is 4. The van der Waals surface area contributed by atoms with Gasteiger partial charge >= 0.3 is 0 Å². The first-order valence-electron chi connectivity index (χ1n) is 5.69. The van der Waals surface area contributed by atoms with E-state index in [0.29, 0.717) is 17.1 Å². The first kappa shape index (κ1) is 14.8. The van der Waals surface area contributed by atoms with Gasteiger partial charge in [-0.15, -0.1) is 10.2 Å². The molecule has 0 fully saturated rings. The van der Waals surface area contributed by atoms with Gasteiger partial charge in [0, 0.05) is 17.8 Å². The predicted molar refractivity (Wildman–Crippen MR) is 75.6 cm³/mol. The zero-order valence-electron chi connectivity index (χ0n) is 11.0.